The number of nitrogens with zero attached hydrogens (tertiary/aromatic N) is 3. The van der Waals surface area contributed by atoms with E-state index in [4.69, 9.17) is 5.73 Å². The fourth-order valence-corrected chi connectivity index (χ4v) is 2.71. The zero-order valence-electron chi connectivity index (χ0n) is 15.5. The van der Waals surface area contributed by atoms with Crippen LogP contribution in [0, 0.1) is 0 Å². The molecule has 8 nitrogen and oxygen atoms in total. The molecule has 0 atom stereocenters. The molecule has 28 heavy (non-hydrogen) atoms. The molecule has 0 bridgehead atoms. The highest BCUT2D eigenvalue weighted by Gasteiger charge is 2.19. The van der Waals surface area contributed by atoms with Crippen molar-refractivity contribution in [2.45, 2.75) is 6.42 Å². The van der Waals surface area contributed by atoms with Gasteiger partial charge in [-0.1, -0.05) is 18.2 Å². The number of nitrogens with two attached hydrogens (primary N) is 1. The Morgan fingerprint density at radius 3 is 2.43 bits per heavy atom. The minimum atomic E-state index is -0.483. The van der Waals surface area contributed by atoms with Gasteiger partial charge in [0.05, 0.1) is 13.1 Å². The number of benzene rings is 1. The minimum absolute atomic E-state index is 0.00877. The first-order valence-electron chi connectivity index (χ1n) is 8.59. The summed E-state index contributed by atoms with van der Waals surface area (Å²) in [5.41, 5.74) is 5.89. The molecule has 1 aromatic carbocycles. The number of hydrogen-bond donors (Lipinski definition) is 2. The molecule has 2 aromatic rings. The van der Waals surface area contributed by atoms with Crippen molar-refractivity contribution in [3.05, 3.63) is 53.1 Å². The standard InChI is InChI=1S/C19H22BrN5O3/c1-24(12-18(27)23-17-8-7-14(20)11-22-17)13-19(28)25(10-9-16(21)26)15-5-3-2-4-6-15/h2-8,11H,9-10,12-13H2,1H3,(H2,21,26)(H,22,23,27). The van der Waals surface area contributed by atoms with Crippen LogP contribution in [0.2, 0.25) is 0 Å². The Labute approximate surface area is 171 Å². The summed E-state index contributed by atoms with van der Waals surface area (Å²) in [5, 5.41) is 2.68. The van der Waals surface area contributed by atoms with E-state index in [9.17, 15) is 14.4 Å². The molecular weight excluding hydrogens is 426 g/mol. The van der Waals surface area contributed by atoms with Gasteiger partial charge in [0.25, 0.3) is 0 Å². The second kappa shape index (κ2) is 10.5. The number of pyridine rings is 1. The molecule has 1 heterocycles. The third-order valence-electron chi connectivity index (χ3n) is 3.76. The van der Waals surface area contributed by atoms with Crippen molar-refractivity contribution in [3.8, 4) is 0 Å². The lowest BCUT2D eigenvalue weighted by Crippen LogP contribution is -2.42. The van der Waals surface area contributed by atoms with Gasteiger partial charge in [0.1, 0.15) is 5.82 Å². The topological polar surface area (TPSA) is 109 Å². The second-order valence-corrected chi connectivity index (χ2v) is 7.10. The maximum Gasteiger partial charge on any atom is 0.241 e. The summed E-state index contributed by atoms with van der Waals surface area (Å²) in [6.45, 7) is 0.206. The first kappa shape index (κ1) is 21.5. The largest absolute Gasteiger partial charge is 0.370 e. The Balaban J connectivity index is 1.94. The zero-order chi connectivity index (χ0) is 20.5. The molecule has 2 rings (SSSR count). The van der Waals surface area contributed by atoms with Crippen molar-refractivity contribution in [1.29, 1.82) is 0 Å². The van der Waals surface area contributed by atoms with Gasteiger partial charge in [0.15, 0.2) is 0 Å². The van der Waals surface area contributed by atoms with Crippen LogP contribution in [0.15, 0.2) is 53.1 Å². The molecule has 0 radical (unpaired) electrons. The van der Waals surface area contributed by atoms with Crippen LogP contribution in [0.5, 0.6) is 0 Å². The van der Waals surface area contributed by atoms with Gasteiger partial charge in [-0.15, -0.1) is 0 Å². The van der Waals surface area contributed by atoms with E-state index in [1.165, 1.54) is 4.90 Å². The van der Waals surface area contributed by atoms with Crippen LogP contribution in [-0.2, 0) is 14.4 Å². The Bertz CT molecular complexity index is 814. The number of rotatable bonds is 9. The first-order chi connectivity index (χ1) is 13.3. The fourth-order valence-electron chi connectivity index (χ4n) is 2.48. The molecule has 1 aromatic heterocycles. The average Bonchev–Trinajstić information content (AvgIpc) is 2.64. The number of primary amides is 1. The van der Waals surface area contributed by atoms with Crippen LogP contribution in [0.25, 0.3) is 0 Å². The van der Waals surface area contributed by atoms with Gasteiger partial charge in [-0.25, -0.2) is 4.98 Å². The highest BCUT2D eigenvalue weighted by molar-refractivity contribution is 9.10. The monoisotopic (exact) mass is 447 g/mol. The number of para-hydroxylation sites is 1. The van der Waals surface area contributed by atoms with Gasteiger partial charge in [-0.3, -0.25) is 19.3 Å². The summed E-state index contributed by atoms with van der Waals surface area (Å²) >= 11 is 3.28. The van der Waals surface area contributed by atoms with E-state index in [0.717, 1.165) is 4.47 Å². The number of nitrogens with one attached hydrogen (secondary N) is 1. The Morgan fingerprint density at radius 1 is 1.11 bits per heavy atom. The van der Waals surface area contributed by atoms with Gasteiger partial charge in [0.2, 0.25) is 17.7 Å². The van der Waals surface area contributed by atoms with Crippen molar-refractivity contribution in [3.63, 3.8) is 0 Å². The van der Waals surface area contributed by atoms with Gasteiger partial charge in [0, 0.05) is 29.3 Å². The molecule has 0 aliphatic rings. The lowest BCUT2D eigenvalue weighted by molar-refractivity contribution is -0.121. The molecule has 148 valence electrons. The molecule has 0 aliphatic carbocycles. The summed E-state index contributed by atoms with van der Waals surface area (Å²) in [6.07, 6.45) is 1.64. The van der Waals surface area contributed by atoms with E-state index < -0.39 is 5.91 Å². The normalized spacial score (nSPS) is 10.5. The summed E-state index contributed by atoms with van der Waals surface area (Å²) < 4.78 is 0.810. The molecule has 9 heteroatoms. The Kier molecular flexibility index (Phi) is 8.09. The molecule has 3 amide bonds. The molecule has 0 saturated heterocycles. The number of carbonyl (C=O) groups excluding carboxylic acids is 3. The number of anilines is 2. The van der Waals surface area contributed by atoms with Crippen LogP contribution in [0.1, 0.15) is 6.42 Å². The van der Waals surface area contributed by atoms with Crippen molar-refractivity contribution in [2.24, 2.45) is 5.73 Å². The third kappa shape index (κ3) is 7.09. The van der Waals surface area contributed by atoms with Crippen LogP contribution in [0.3, 0.4) is 0 Å². The number of carbonyl (C=O) groups is 3. The third-order valence-corrected chi connectivity index (χ3v) is 4.23. The summed E-state index contributed by atoms with van der Waals surface area (Å²) in [4.78, 5) is 43.2. The Hall–Kier alpha value is -2.78. The van der Waals surface area contributed by atoms with Crippen molar-refractivity contribution < 1.29 is 14.4 Å². The van der Waals surface area contributed by atoms with Gasteiger partial charge in [-0.05, 0) is 47.2 Å². The second-order valence-electron chi connectivity index (χ2n) is 6.18. The van der Waals surface area contributed by atoms with Gasteiger partial charge >= 0.3 is 0 Å². The lowest BCUT2D eigenvalue weighted by Gasteiger charge is -2.25. The number of halogens is 1. The quantitative estimate of drug-likeness (QED) is 0.606. The van der Waals surface area contributed by atoms with E-state index in [0.29, 0.717) is 11.5 Å². The van der Waals surface area contributed by atoms with E-state index in [2.05, 4.69) is 26.2 Å². The zero-order valence-corrected chi connectivity index (χ0v) is 17.1. The van der Waals surface area contributed by atoms with E-state index in [1.54, 1.807) is 42.4 Å². The molecule has 0 aliphatic heterocycles. The van der Waals surface area contributed by atoms with Crippen LogP contribution in [-0.4, -0.2) is 54.3 Å². The fraction of sp³-hybridized carbons (Fsp3) is 0.263. The SMILES string of the molecule is CN(CC(=O)Nc1ccc(Br)cn1)CC(=O)N(CCC(N)=O)c1ccccc1. The van der Waals surface area contributed by atoms with E-state index >= 15 is 0 Å². The molecule has 3 N–H and O–H groups in total. The Morgan fingerprint density at radius 2 is 1.82 bits per heavy atom. The maximum atomic E-state index is 12.7. The van der Waals surface area contributed by atoms with Crippen molar-refractivity contribution >= 4 is 45.2 Å². The summed E-state index contributed by atoms with van der Waals surface area (Å²) in [5.74, 6) is -0.568. The predicted molar refractivity (Wildman–Crippen MR) is 111 cm³/mol. The molecular formula is C19H22BrN5O3. The van der Waals surface area contributed by atoms with E-state index in [-0.39, 0.29) is 37.9 Å². The number of likely N-dealkylation sites (N-methyl/N-ethyl adjacent to an activating group) is 1. The lowest BCUT2D eigenvalue weighted by atomic mass is 10.2. The summed E-state index contributed by atoms with van der Waals surface area (Å²) in [6, 6.07) is 12.5. The highest BCUT2D eigenvalue weighted by atomic mass is 79.9. The average molecular weight is 448 g/mol. The molecule has 0 saturated carbocycles. The number of amides is 3. The van der Waals surface area contributed by atoms with Crippen LogP contribution >= 0.6 is 15.9 Å². The van der Waals surface area contributed by atoms with Crippen LogP contribution < -0.4 is 16.0 Å². The van der Waals surface area contributed by atoms with Gasteiger partial charge in [-0.2, -0.15) is 0 Å². The predicted octanol–water partition coefficient (Wildman–Crippen LogP) is 1.62. The minimum Gasteiger partial charge on any atom is -0.370 e. The maximum absolute atomic E-state index is 12.7. The molecule has 0 unspecified atom stereocenters. The van der Waals surface area contributed by atoms with Gasteiger partial charge < -0.3 is 16.0 Å². The van der Waals surface area contributed by atoms with Crippen LogP contribution in [0.4, 0.5) is 11.5 Å². The number of aromatic nitrogens is 1. The highest BCUT2D eigenvalue weighted by Crippen LogP contribution is 2.14. The number of hydrogen-bond acceptors (Lipinski definition) is 5. The first-order valence-corrected chi connectivity index (χ1v) is 9.38. The molecule has 0 spiro atoms. The summed E-state index contributed by atoms with van der Waals surface area (Å²) in [7, 11) is 1.67. The molecule has 0 fully saturated rings. The van der Waals surface area contributed by atoms with Crippen molar-refractivity contribution in [2.75, 3.05) is 36.9 Å². The van der Waals surface area contributed by atoms with Crippen molar-refractivity contribution in [1.82, 2.24) is 9.88 Å². The smallest absolute Gasteiger partial charge is 0.241 e. The van der Waals surface area contributed by atoms with E-state index in [1.807, 2.05) is 18.2 Å².